The summed E-state index contributed by atoms with van der Waals surface area (Å²) in [5.74, 6) is 0. The van der Waals surface area contributed by atoms with Crippen LogP contribution in [0.4, 0.5) is 0 Å². The van der Waals surface area contributed by atoms with Gasteiger partial charge < -0.3 is 13.9 Å². The number of aromatic nitrogens is 1. The van der Waals surface area contributed by atoms with Gasteiger partial charge in [-0.05, 0) is 93.5 Å². The van der Waals surface area contributed by atoms with Gasteiger partial charge in [0.05, 0.1) is 22.2 Å². The van der Waals surface area contributed by atoms with Crippen molar-refractivity contribution in [2.45, 2.75) is 65.6 Å². The summed E-state index contributed by atoms with van der Waals surface area (Å²) in [4.78, 5) is 0. The Kier molecular flexibility index (Phi) is 4.99. The van der Waals surface area contributed by atoms with Crippen LogP contribution in [0, 0.1) is 0 Å². The van der Waals surface area contributed by atoms with Crippen molar-refractivity contribution in [2.24, 2.45) is 0 Å². The summed E-state index contributed by atoms with van der Waals surface area (Å²) in [6, 6.07) is 22.4. The fourth-order valence-corrected chi connectivity index (χ4v) is 4.60. The molecule has 5 rings (SSSR count). The summed E-state index contributed by atoms with van der Waals surface area (Å²) in [6.45, 7) is 12.8. The third-order valence-corrected chi connectivity index (χ3v) is 7.39. The Bertz CT molecular complexity index is 1220. The van der Waals surface area contributed by atoms with Crippen LogP contribution >= 0.6 is 0 Å². The van der Waals surface area contributed by atoms with E-state index in [-0.39, 0.29) is 18.3 Å². The average molecular weight is 425 g/mol. The molecule has 0 radical (unpaired) electrons. The van der Waals surface area contributed by atoms with Crippen molar-refractivity contribution in [3.63, 3.8) is 0 Å². The van der Waals surface area contributed by atoms with Gasteiger partial charge in [-0.2, -0.15) is 0 Å². The lowest BCUT2D eigenvalue weighted by Crippen LogP contribution is -2.41. The van der Waals surface area contributed by atoms with Gasteiger partial charge in [0.2, 0.25) is 0 Å². The fraction of sp³-hybridized carbons (Fsp3) is 0.357. The van der Waals surface area contributed by atoms with Gasteiger partial charge in [0.1, 0.15) is 0 Å². The largest absolute Gasteiger partial charge is 0.494 e. The first kappa shape index (κ1) is 21.3. The molecule has 0 spiro atoms. The van der Waals surface area contributed by atoms with Crippen LogP contribution < -0.4 is 5.46 Å². The minimum absolute atomic E-state index is 0.336. The Hall–Kier alpha value is -2.56. The lowest BCUT2D eigenvalue weighted by atomic mass is 9.79. The summed E-state index contributed by atoms with van der Waals surface area (Å²) in [5, 5.41) is 2.65. The van der Waals surface area contributed by atoms with E-state index in [0.717, 1.165) is 24.0 Å². The maximum Gasteiger partial charge on any atom is 0.494 e. The predicted octanol–water partition coefficient (Wildman–Crippen LogP) is 6.21. The van der Waals surface area contributed by atoms with Gasteiger partial charge in [-0.3, -0.25) is 0 Å². The minimum Gasteiger partial charge on any atom is -0.399 e. The van der Waals surface area contributed by atoms with Crippen LogP contribution in [0.25, 0.3) is 27.5 Å². The van der Waals surface area contributed by atoms with Crippen LogP contribution in [0.2, 0.25) is 0 Å². The van der Waals surface area contributed by atoms with Crippen LogP contribution in [0.15, 0.2) is 60.7 Å². The van der Waals surface area contributed by atoms with Crippen molar-refractivity contribution in [1.82, 2.24) is 4.57 Å². The zero-order valence-corrected chi connectivity index (χ0v) is 20.0. The summed E-state index contributed by atoms with van der Waals surface area (Å²) in [7, 11) is -0.341. The van der Waals surface area contributed by atoms with Crippen molar-refractivity contribution < 1.29 is 9.31 Å². The number of hydrogen-bond acceptors (Lipinski definition) is 2. The Balaban J connectivity index is 1.61. The van der Waals surface area contributed by atoms with Crippen LogP contribution in [-0.2, 0) is 22.2 Å². The maximum absolute atomic E-state index is 6.24. The van der Waals surface area contributed by atoms with Crippen LogP contribution in [0.1, 0.15) is 52.7 Å². The molecule has 0 N–H and O–H groups in total. The second-order valence-electron chi connectivity index (χ2n) is 9.93. The third-order valence-electron chi connectivity index (χ3n) is 7.39. The van der Waals surface area contributed by atoms with Crippen molar-refractivity contribution in [1.29, 1.82) is 0 Å². The molecule has 1 saturated heterocycles. The van der Waals surface area contributed by atoms with Crippen LogP contribution in [0.5, 0.6) is 0 Å². The van der Waals surface area contributed by atoms with E-state index in [4.69, 9.17) is 9.31 Å². The molecule has 2 heterocycles. The Morgan fingerprint density at radius 3 is 1.59 bits per heavy atom. The van der Waals surface area contributed by atoms with E-state index < -0.39 is 0 Å². The molecule has 1 aromatic heterocycles. The molecule has 4 heteroatoms. The SMILES string of the molecule is CCc1ccc2c(c1)c1cc(CC)ccc1n2-c1ccc(B2OC(C)(C)C(C)(C)O2)cc1. The first-order valence-electron chi connectivity index (χ1n) is 11.8. The molecular formula is C28H32BNO2. The zero-order valence-electron chi connectivity index (χ0n) is 20.0. The quantitative estimate of drug-likeness (QED) is 0.363. The van der Waals surface area contributed by atoms with E-state index in [9.17, 15) is 0 Å². The molecular weight excluding hydrogens is 393 g/mol. The smallest absolute Gasteiger partial charge is 0.399 e. The van der Waals surface area contributed by atoms with Gasteiger partial charge in [0.25, 0.3) is 0 Å². The monoisotopic (exact) mass is 425 g/mol. The molecule has 1 aliphatic heterocycles. The third kappa shape index (κ3) is 3.28. The van der Waals surface area contributed by atoms with E-state index in [1.54, 1.807) is 0 Å². The molecule has 1 aliphatic rings. The van der Waals surface area contributed by atoms with Gasteiger partial charge in [-0.25, -0.2) is 0 Å². The summed E-state index contributed by atoms with van der Waals surface area (Å²) in [6.07, 6.45) is 2.08. The number of aryl methyl sites for hydroxylation is 2. The summed E-state index contributed by atoms with van der Waals surface area (Å²) >= 11 is 0. The number of nitrogens with zero attached hydrogens (tertiary/aromatic N) is 1. The molecule has 0 saturated carbocycles. The lowest BCUT2D eigenvalue weighted by molar-refractivity contribution is 0.00578. The molecule has 0 bridgehead atoms. The van der Waals surface area contributed by atoms with Gasteiger partial charge in [0, 0.05) is 16.5 Å². The van der Waals surface area contributed by atoms with Crippen molar-refractivity contribution in [2.75, 3.05) is 0 Å². The van der Waals surface area contributed by atoms with Gasteiger partial charge in [0.15, 0.2) is 0 Å². The van der Waals surface area contributed by atoms with Gasteiger partial charge >= 0.3 is 7.12 Å². The Morgan fingerprint density at radius 1 is 0.688 bits per heavy atom. The fourth-order valence-electron chi connectivity index (χ4n) is 4.60. The van der Waals surface area contributed by atoms with Crippen LogP contribution in [0.3, 0.4) is 0 Å². The van der Waals surface area contributed by atoms with Gasteiger partial charge in [-0.15, -0.1) is 0 Å². The maximum atomic E-state index is 6.24. The van der Waals surface area contributed by atoms with Crippen molar-refractivity contribution in [3.05, 3.63) is 71.8 Å². The average Bonchev–Trinajstić information content (AvgIpc) is 3.22. The molecule has 164 valence electrons. The zero-order chi connectivity index (χ0) is 22.7. The Morgan fingerprint density at radius 2 is 1.16 bits per heavy atom. The first-order chi connectivity index (χ1) is 15.2. The van der Waals surface area contributed by atoms with Crippen LogP contribution in [-0.4, -0.2) is 22.9 Å². The van der Waals surface area contributed by atoms with E-state index in [0.29, 0.717) is 0 Å². The molecule has 0 amide bonds. The lowest BCUT2D eigenvalue weighted by Gasteiger charge is -2.32. The number of fused-ring (bicyclic) bond motifs is 3. The summed E-state index contributed by atoms with van der Waals surface area (Å²) in [5.41, 5.74) is 6.76. The van der Waals surface area contributed by atoms with E-state index >= 15 is 0 Å². The van der Waals surface area contributed by atoms with Gasteiger partial charge in [-0.1, -0.05) is 38.1 Å². The standard InChI is InChI=1S/C28H32BNO2/c1-7-19-9-15-25-23(17-19)24-18-20(8-2)10-16-26(24)30(25)22-13-11-21(12-14-22)29-31-27(3,4)28(5,6)32-29/h9-18H,7-8H2,1-6H3. The summed E-state index contributed by atoms with van der Waals surface area (Å²) < 4.78 is 14.9. The highest BCUT2D eigenvalue weighted by atomic mass is 16.7. The number of benzene rings is 3. The molecule has 0 atom stereocenters. The molecule has 32 heavy (non-hydrogen) atoms. The topological polar surface area (TPSA) is 23.4 Å². The normalized spacial score (nSPS) is 17.5. The molecule has 3 nitrogen and oxygen atoms in total. The molecule has 0 aliphatic carbocycles. The molecule has 3 aromatic carbocycles. The Labute approximate surface area is 191 Å². The minimum atomic E-state index is -0.341. The molecule has 0 unspecified atom stereocenters. The number of rotatable bonds is 4. The van der Waals surface area contributed by atoms with E-state index in [1.807, 2.05) is 0 Å². The number of hydrogen-bond donors (Lipinski definition) is 0. The second kappa shape index (κ2) is 7.50. The van der Waals surface area contributed by atoms with E-state index in [2.05, 4.69) is 107 Å². The van der Waals surface area contributed by atoms with Crippen molar-refractivity contribution >= 4 is 34.4 Å². The highest BCUT2D eigenvalue weighted by Gasteiger charge is 2.51. The molecule has 1 fully saturated rings. The highest BCUT2D eigenvalue weighted by Crippen LogP contribution is 2.37. The molecule has 4 aromatic rings. The first-order valence-corrected chi connectivity index (χ1v) is 11.8. The van der Waals surface area contributed by atoms with E-state index in [1.165, 1.54) is 32.9 Å². The second-order valence-corrected chi connectivity index (χ2v) is 9.93. The van der Waals surface area contributed by atoms with Crippen molar-refractivity contribution in [3.8, 4) is 5.69 Å². The predicted molar refractivity (Wildman–Crippen MR) is 135 cm³/mol. The highest BCUT2D eigenvalue weighted by molar-refractivity contribution is 6.62.